The second kappa shape index (κ2) is 4.27. The van der Waals surface area contributed by atoms with Crippen LogP contribution in [0.15, 0.2) is 0 Å². The lowest BCUT2D eigenvalue weighted by Gasteiger charge is -2.10. The molecule has 0 saturated heterocycles. The maximum absolute atomic E-state index is 10.3. The number of halogens is 3. The highest BCUT2D eigenvalue weighted by atomic mass is 127. The first-order chi connectivity index (χ1) is 4.48. The molecule has 0 radical (unpaired) electrons. The Balaban J connectivity index is 4.08. The lowest BCUT2D eigenvalue weighted by atomic mass is 10.7. The SMILES string of the molecule is CC(=O)OC(Cl)(Cl)C#CI. The Kier molecular flexibility index (Phi) is 4.41. The molecule has 0 aliphatic rings. The first-order valence-electron chi connectivity index (χ1n) is 2.18. The van der Waals surface area contributed by atoms with E-state index in [1.165, 1.54) is 6.92 Å². The van der Waals surface area contributed by atoms with E-state index < -0.39 is 10.5 Å². The predicted molar refractivity (Wildman–Crippen MR) is 48.0 cm³/mol. The van der Waals surface area contributed by atoms with E-state index in [0.717, 1.165) is 0 Å². The molecule has 0 aromatic carbocycles. The minimum Gasteiger partial charge on any atom is -0.417 e. The van der Waals surface area contributed by atoms with Gasteiger partial charge >= 0.3 is 10.5 Å². The van der Waals surface area contributed by atoms with E-state index in [9.17, 15) is 4.79 Å². The summed E-state index contributed by atoms with van der Waals surface area (Å²) < 4.78 is 5.08. The van der Waals surface area contributed by atoms with E-state index in [1.54, 1.807) is 22.6 Å². The molecule has 0 spiro atoms. The molecule has 10 heavy (non-hydrogen) atoms. The van der Waals surface area contributed by atoms with Crippen LogP contribution in [0.2, 0.25) is 0 Å². The normalized spacial score (nSPS) is 9.60. The zero-order valence-corrected chi connectivity index (χ0v) is 8.62. The van der Waals surface area contributed by atoms with Gasteiger partial charge in [0.15, 0.2) is 0 Å². The molecule has 0 fully saturated rings. The van der Waals surface area contributed by atoms with Gasteiger partial charge in [0.05, 0.1) is 0 Å². The topological polar surface area (TPSA) is 26.3 Å². The van der Waals surface area contributed by atoms with Gasteiger partial charge in [-0.1, -0.05) is 0 Å². The number of esters is 1. The average Bonchev–Trinajstić information content (AvgIpc) is 1.59. The lowest BCUT2D eigenvalue weighted by molar-refractivity contribution is -0.142. The molecule has 0 saturated carbocycles. The number of carbonyl (C=O) groups excluding carboxylic acids is 1. The van der Waals surface area contributed by atoms with Crippen molar-refractivity contribution in [2.24, 2.45) is 0 Å². The Morgan fingerprint density at radius 1 is 1.70 bits per heavy atom. The van der Waals surface area contributed by atoms with Crippen molar-refractivity contribution in [3.63, 3.8) is 0 Å². The largest absolute Gasteiger partial charge is 0.417 e. The monoisotopic (exact) mass is 292 g/mol. The van der Waals surface area contributed by atoms with Gasteiger partial charge in [0.25, 0.3) is 0 Å². The quantitative estimate of drug-likeness (QED) is 0.320. The predicted octanol–water partition coefficient (Wildman–Crippen LogP) is 2.08. The third-order valence-corrected chi connectivity index (χ3v) is 1.08. The summed E-state index contributed by atoms with van der Waals surface area (Å²) in [7, 11) is 0. The summed E-state index contributed by atoms with van der Waals surface area (Å²) in [6.07, 6.45) is 0. The Labute approximate surface area is 82.3 Å². The molecule has 0 N–H and O–H groups in total. The van der Waals surface area contributed by atoms with Crippen LogP contribution >= 0.6 is 45.8 Å². The molecule has 0 aromatic rings. The molecule has 0 aliphatic carbocycles. The molecule has 0 aromatic heterocycles. The molecule has 0 atom stereocenters. The van der Waals surface area contributed by atoms with Crippen molar-refractivity contribution in [1.82, 2.24) is 0 Å². The summed E-state index contributed by atoms with van der Waals surface area (Å²) in [5.74, 6) is 1.71. The summed E-state index contributed by atoms with van der Waals surface area (Å²) >= 11 is 12.5. The molecule has 0 unspecified atom stereocenters. The van der Waals surface area contributed by atoms with Crippen LogP contribution in [0, 0.1) is 9.85 Å². The standard InChI is InChI=1S/C5H3Cl2IO2/c1-4(9)10-5(6,7)2-3-8/h1H3. The summed E-state index contributed by atoms with van der Waals surface area (Å²) in [5.41, 5.74) is 0. The van der Waals surface area contributed by atoms with Crippen LogP contribution in [0.4, 0.5) is 0 Å². The van der Waals surface area contributed by atoms with Crippen molar-refractivity contribution in [3.05, 3.63) is 0 Å². The highest BCUT2D eigenvalue weighted by Gasteiger charge is 2.23. The molecule has 0 bridgehead atoms. The molecule has 0 rings (SSSR count). The van der Waals surface area contributed by atoms with E-state index in [-0.39, 0.29) is 0 Å². The molecule has 0 heterocycles. The summed E-state index contributed by atoms with van der Waals surface area (Å²) in [5, 5.41) is 0. The van der Waals surface area contributed by atoms with Crippen LogP contribution in [-0.2, 0) is 9.53 Å². The van der Waals surface area contributed by atoms with E-state index in [0.29, 0.717) is 0 Å². The van der Waals surface area contributed by atoms with Crippen LogP contribution in [0.25, 0.3) is 0 Å². The smallest absolute Gasteiger partial charge is 0.326 e. The molecule has 2 nitrogen and oxygen atoms in total. The molecule has 56 valence electrons. The van der Waals surface area contributed by atoms with Crippen molar-refractivity contribution >= 4 is 51.8 Å². The third kappa shape index (κ3) is 5.15. The van der Waals surface area contributed by atoms with Gasteiger partial charge in [-0.2, -0.15) is 0 Å². The average molecular weight is 293 g/mol. The number of alkyl halides is 2. The van der Waals surface area contributed by atoms with Gasteiger partial charge < -0.3 is 4.74 Å². The number of rotatable bonds is 1. The van der Waals surface area contributed by atoms with Crippen molar-refractivity contribution in [2.45, 2.75) is 11.4 Å². The van der Waals surface area contributed by atoms with Crippen molar-refractivity contribution in [1.29, 1.82) is 0 Å². The van der Waals surface area contributed by atoms with E-state index in [4.69, 9.17) is 23.2 Å². The van der Waals surface area contributed by atoms with Crippen LogP contribution in [0.3, 0.4) is 0 Å². The van der Waals surface area contributed by atoms with Crippen LogP contribution in [0.5, 0.6) is 0 Å². The summed E-state index contributed by atoms with van der Waals surface area (Å²) in [6, 6.07) is 0. The minimum atomic E-state index is -1.70. The number of ether oxygens (including phenoxy) is 1. The van der Waals surface area contributed by atoms with Crippen LogP contribution in [-0.4, -0.2) is 10.5 Å². The summed E-state index contributed by atoms with van der Waals surface area (Å²) in [4.78, 5) is 10.3. The molecule has 5 heteroatoms. The van der Waals surface area contributed by atoms with Gasteiger partial charge in [0, 0.05) is 29.5 Å². The first-order valence-corrected chi connectivity index (χ1v) is 4.01. The maximum atomic E-state index is 10.3. The Morgan fingerprint density at radius 2 is 2.20 bits per heavy atom. The van der Waals surface area contributed by atoms with Crippen molar-refractivity contribution < 1.29 is 9.53 Å². The molecule has 0 amide bonds. The van der Waals surface area contributed by atoms with Crippen molar-refractivity contribution in [3.8, 4) is 9.85 Å². The lowest BCUT2D eigenvalue weighted by Crippen LogP contribution is -2.18. The van der Waals surface area contributed by atoms with E-state index >= 15 is 0 Å². The van der Waals surface area contributed by atoms with Gasteiger partial charge in [-0.15, -0.1) is 0 Å². The van der Waals surface area contributed by atoms with Crippen LogP contribution < -0.4 is 0 Å². The van der Waals surface area contributed by atoms with Gasteiger partial charge in [-0.05, 0) is 33.0 Å². The number of hydrogen-bond acceptors (Lipinski definition) is 2. The summed E-state index contributed by atoms with van der Waals surface area (Å²) in [6.45, 7) is 1.20. The minimum absolute atomic E-state index is 0.566. The van der Waals surface area contributed by atoms with E-state index in [2.05, 4.69) is 14.6 Å². The second-order valence-corrected chi connectivity index (χ2v) is 3.13. The zero-order chi connectivity index (χ0) is 8.20. The molecular weight excluding hydrogens is 290 g/mol. The van der Waals surface area contributed by atoms with Gasteiger partial charge in [0.2, 0.25) is 0 Å². The van der Waals surface area contributed by atoms with Crippen LogP contribution in [0.1, 0.15) is 6.92 Å². The van der Waals surface area contributed by atoms with Crippen molar-refractivity contribution in [2.75, 3.05) is 0 Å². The molecule has 0 aliphatic heterocycles. The second-order valence-electron chi connectivity index (χ2n) is 1.33. The van der Waals surface area contributed by atoms with Gasteiger partial charge in [-0.25, -0.2) is 0 Å². The fourth-order valence-corrected chi connectivity index (χ4v) is 1.27. The fraction of sp³-hybridized carbons (Fsp3) is 0.400. The highest BCUT2D eigenvalue weighted by molar-refractivity contribution is 14.1. The fourth-order valence-electron chi connectivity index (χ4n) is 0.261. The third-order valence-electron chi connectivity index (χ3n) is 0.465. The Morgan fingerprint density at radius 3 is 2.50 bits per heavy atom. The first kappa shape index (κ1) is 10.3. The molecular formula is C5H3Cl2IO2. The Hall–Kier alpha value is 0.340. The highest BCUT2D eigenvalue weighted by Crippen LogP contribution is 2.21. The zero-order valence-electron chi connectivity index (χ0n) is 4.95. The van der Waals surface area contributed by atoms with Gasteiger partial charge in [-0.3, -0.25) is 4.79 Å². The van der Waals surface area contributed by atoms with E-state index in [1.807, 2.05) is 0 Å². The maximum Gasteiger partial charge on any atom is 0.326 e. The van der Waals surface area contributed by atoms with Gasteiger partial charge in [0.1, 0.15) is 0 Å². The Bertz CT molecular complexity index is 192. The number of carbonyl (C=O) groups is 1. The number of hydrogen-bond donors (Lipinski definition) is 0.